The number of aliphatic imine (C=N–C) groups is 1. The number of hydrogen-bond acceptors (Lipinski definition) is 2. The highest BCUT2D eigenvalue weighted by molar-refractivity contribution is 7.77. The van der Waals surface area contributed by atoms with Crippen molar-refractivity contribution in [3.8, 4) is 5.75 Å². The van der Waals surface area contributed by atoms with E-state index in [2.05, 4.69) is 86.6 Å². The molecule has 0 radical (unpaired) electrons. The van der Waals surface area contributed by atoms with Crippen LogP contribution in [0, 0.1) is 26.2 Å². The number of hydrogen-bond donors (Lipinski definition) is 1. The van der Waals surface area contributed by atoms with Crippen LogP contribution in [0.1, 0.15) is 70.2 Å². The summed E-state index contributed by atoms with van der Waals surface area (Å²) in [5.41, 5.74) is 6.84. The van der Waals surface area contributed by atoms with E-state index < -0.39 is 7.92 Å². The third-order valence-corrected chi connectivity index (χ3v) is 9.94. The number of rotatable bonds is 2. The second-order valence-electron chi connectivity index (χ2n) is 10.9. The van der Waals surface area contributed by atoms with Crippen LogP contribution in [0.5, 0.6) is 5.75 Å². The Balaban J connectivity index is 2.39. The predicted molar refractivity (Wildman–Crippen MR) is 133 cm³/mol. The van der Waals surface area contributed by atoms with Crippen molar-refractivity contribution >= 4 is 19.1 Å². The van der Waals surface area contributed by atoms with E-state index in [1.807, 2.05) is 12.1 Å². The Labute approximate surface area is 184 Å². The Hall–Kier alpha value is -1.66. The van der Waals surface area contributed by atoms with Crippen LogP contribution in [-0.2, 0) is 5.41 Å². The molecule has 1 heterocycles. The molecule has 1 aliphatic heterocycles. The summed E-state index contributed by atoms with van der Waals surface area (Å²) in [4.78, 5) is 5.52. The Morgan fingerprint density at radius 2 is 1.50 bits per heavy atom. The first-order valence-electron chi connectivity index (χ1n) is 11.0. The zero-order valence-electron chi connectivity index (χ0n) is 20.2. The molecular weight excluding hydrogens is 385 g/mol. The van der Waals surface area contributed by atoms with Gasteiger partial charge in [0.25, 0.3) is 0 Å². The van der Waals surface area contributed by atoms with Crippen molar-refractivity contribution in [2.75, 3.05) is 6.16 Å². The maximum absolute atomic E-state index is 11.0. The summed E-state index contributed by atoms with van der Waals surface area (Å²) in [6.45, 7) is 20.5. The largest absolute Gasteiger partial charge is 0.508 e. The van der Waals surface area contributed by atoms with E-state index >= 15 is 0 Å². The van der Waals surface area contributed by atoms with E-state index in [4.69, 9.17) is 4.99 Å². The van der Waals surface area contributed by atoms with Crippen LogP contribution in [0.4, 0.5) is 5.69 Å². The summed E-state index contributed by atoms with van der Waals surface area (Å²) in [6.07, 6.45) is 2.17. The van der Waals surface area contributed by atoms with Crippen molar-refractivity contribution < 1.29 is 5.11 Å². The normalized spacial score (nSPS) is 23.9. The van der Waals surface area contributed by atoms with Gasteiger partial charge in [0, 0.05) is 11.0 Å². The minimum Gasteiger partial charge on any atom is -0.508 e. The molecule has 0 bridgehead atoms. The Morgan fingerprint density at radius 1 is 0.933 bits per heavy atom. The van der Waals surface area contributed by atoms with Crippen molar-refractivity contribution in [1.82, 2.24) is 0 Å². The Kier molecular flexibility index (Phi) is 5.98. The second-order valence-corrected chi connectivity index (χ2v) is 14.0. The average molecular weight is 424 g/mol. The standard InChI is InChI=1S/C27H38NOP/c1-18-16-19(2)23(20(3)17-18)28-24-27(25(4,5)6,14-15-30(24)26(7,8)9)21-12-10-11-13-22(21)29/h10-13,16-17,29H,14-15H2,1-9H3. The van der Waals surface area contributed by atoms with E-state index in [0.717, 1.165) is 23.8 Å². The third-order valence-electron chi connectivity index (χ3n) is 6.65. The fourth-order valence-corrected chi connectivity index (χ4v) is 8.52. The van der Waals surface area contributed by atoms with Gasteiger partial charge in [-0.1, -0.05) is 85.4 Å². The van der Waals surface area contributed by atoms with Crippen molar-refractivity contribution in [2.24, 2.45) is 10.4 Å². The first-order chi connectivity index (χ1) is 13.8. The highest BCUT2D eigenvalue weighted by atomic mass is 31.1. The van der Waals surface area contributed by atoms with E-state index in [1.54, 1.807) is 0 Å². The average Bonchev–Trinajstić information content (AvgIpc) is 2.98. The van der Waals surface area contributed by atoms with Gasteiger partial charge in [-0.2, -0.15) is 0 Å². The molecule has 0 aromatic heterocycles. The predicted octanol–water partition coefficient (Wildman–Crippen LogP) is 8.02. The molecule has 0 spiro atoms. The molecule has 1 aliphatic rings. The van der Waals surface area contributed by atoms with Crippen LogP contribution in [0.15, 0.2) is 41.4 Å². The second kappa shape index (κ2) is 7.79. The van der Waals surface area contributed by atoms with Crippen LogP contribution in [0.25, 0.3) is 0 Å². The van der Waals surface area contributed by atoms with Gasteiger partial charge in [-0.3, -0.25) is 4.99 Å². The highest BCUT2D eigenvalue weighted by Gasteiger charge is 2.56. The molecule has 0 amide bonds. The van der Waals surface area contributed by atoms with Gasteiger partial charge in [-0.25, -0.2) is 0 Å². The number of phenolic OH excluding ortho intramolecular Hbond substituents is 1. The molecule has 1 saturated heterocycles. The lowest BCUT2D eigenvalue weighted by molar-refractivity contribution is 0.253. The number of aromatic hydroxyl groups is 1. The van der Waals surface area contributed by atoms with Crippen LogP contribution >= 0.6 is 7.92 Å². The maximum Gasteiger partial charge on any atom is 0.119 e. The van der Waals surface area contributed by atoms with Crippen molar-refractivity contribution in [1.29, 1.82) is 0 Å². The van der Waals surface area contributed by atoms with Gasteiger partial charge in [-0.15, -0.1) is 0 Å². The quantitative estimate of drug-likeness (QED) is 0.487. The molecule has 162 valence electrons. The van der Waals surface area contributed by atoms with Gasteiger partial charge in [0.1, 0.15) is 5.75 Å². The maximum atomic E-state index is 11.0. The van der Waals surface area contributed by atoms with E-state index in [1.165, 1.54) is 22.1 Å². The van der Waals surface area contributed by atoms with Crippen molar-refractivity contribution in [2.45, 2.75) is 79.3 Å². The van der Waals surface area contributed by atoms with E-state index in [9.17, 15) is 5.11 Å². The topological polar surface area (TPSA) is 32.6 Å². The zero-order valence-corrected chi connectivity index (χ0v) is 21.1. The van der Waals surface area contributed by atoms with Crippen LogP contribution in [0.3, 0.4) is 0 Å². The molecule has 2 aromatic rings. The highest BCUT2D eigenvalue weighted by Crippen LogP contribution is 2.68. The number of aryl methyl sites for hydroxylation is 3. The smallest absolute Gasteiger partial charge is 0.119 e. The lowest BCUT2D eigenvalue weighted by Gasteiger charge is -2.45. The molecule has 1 N–H and O–H groups in total. The van der Waals surface area contributed by atoms with E-state index in [0.29, 0.717) is 5.75 Å². The molecular formula is C27H38NOP. The molecule has 1 fully saturated rings. The molecule has 3 rings (SSSR count). The SMILES string of the molecule is Cc1cc(C)c(N=C2P(C(C)(C)C)CCC2(c2ccccc2O)C(C)(C)C)c(C)c1. The summed E-state index contributed by atoms with van der Waals surface area (Å²) in [5.74, 6) is 0.392. The summed E-state index contributed by atoms with van der Waals surface area (Å²) < 4.78 is 0. The fourth-order valence-electron chi connectivity index (χ4n) is 5.20. The van der Waals surface area contributed by atoms with Crippen LogP contribution < -0.4 is 0 Å². The summed E-state index contributed by atoms with van der Waals surface area (Å²) in [6, 6.07) is 12.4. The summed E-state index contributed by atoms with van der Waals surface area (Å²) in [5, 5.41) is 11.1. The molecule has 30 heavy (non-hydrogen) atoms. The molecule has 0 saturated carbocycles. The molecule has 2 unspecified atom stereocenters. The third kappa shape index (κ3) is 3.84. The van der Waals surface area contributed by atoms with Gasteiger partial charge in [0.05, 0.1) is 11.1 Å². The molecule has 3 heteroatoms. The minimum atomic E-state index is -0.455. The van der Waals surface area contributed by atoms with Crippen molar-refractivity contribution in [3.63, 3.8) is 0 Å². The molecule has 2 aromatic carbocycles. The van der Waals surface area contributed by atoms with Gasteiger partial charge < -0.3 is 5.11 Å². The van der Waals surface area contributed by atoms with Gasteiger partial charge in [0.15, 0.2) is 0 Å². The van der Waals surface area contributed by atoms with Gasteiger partial charge in [0.2, 0.25) is 0 Å². The Bertz CT molecular complexity index is 954. The monoisotopic (exact) mass is 423 g/mol. The molecule has 0 aliphatic carbocycles. The van der Waals surface area contributed by atoms with E-state index in [-0.39, 0.29) is 16.0 Å². The lowest BCUT2D eigenvalue weighted by Crippen LogP contribution is -2.44. The first-order valence-corrected chi connectivity index (χ1v) is 12.5. The number of phenols is 1. The fraction of sp³-hybridized carbons (Fsp3) is 0.519. The molecule has 2 nitrogen and oxygen atoms in total. The number of para-hydroxylation sites is 1. The summed E-state index contributed by atoms with van der Waals surface area (Å²) >= 11 is 0. The first kappa shape index (κ1) is 23.0. The Morgan fingerprint density at radius 3 is 2.00 bits per heavy atom. The molecule has 2 atom stereocenters. The number of nitrogens with zero attached hydrogens (tertiary/aromatic N) is 1. The number of benzene rings is 2. The summed E-state index contributed by atoms with van der Waals surface area (Å²) in [7, 11) is -0.455. The van der Waals surface area contributed by atoms with Gasteiger partial charge >= 0.3 is 0 Å². The van der Waals surface area contributed by atoms with Crippen molar-refractivity contribution in [3.05, 3.63) is 58.7 Å². The zero-order chi connectivity index (χ0) is 22.5. The minimum absolute atomic E-state index is 0.0699. The van der Waals surface area contributed by atoms with Crippen LogP contribution in [0.2, 0.25) is 0 Å². The van der Waals surface area contributed by atoms with Crippen LogP contribution in [-0.4, -0.2) is 21.9 Å². The lowest BCUT2D eigenvalue weighted by atomic mass is 9.61. The van der Waals surface area contributed by atoms with Gasteiger partial charge in [-0.05, 0) is 61.1 Å².